The number of rotatable bonds is 5. The molecule has 2 saturated carbocycles. The SMILES string of the molecule is COC(=O)CCc1ccc(N[C@@H]2CC23CCCC(C)(C)C3)c(N)c1. The lowest BCUT2D eigenvalue weighted by Gasteiger charge is -2.36. The number of anilines is 2. The number of benzene rings is 1. The highest BCUT2D eigenvalue weighted by Crippen LogP contribution is 2.61. The molecule has 0 heterocycles. The maximum atomic E-state index is 11.2. The molecule has 132 valence electrons. The normalized spacial score (nSPS) is 27.7. The van der Waals surface area contributed by atoms with Crippen LogP contribution in [0.2, 0.25) is 0 Å². The highest BCUT2D eigenvalue weighted by Gasteiger charge is 2.57. The van der Waals surface area contributed by atoms with Crippen LogP contribution in [-0.4, -0.2) is 19.1 Å². The molecule has 4 heteroatoms. The van der Waals surface area contributed by atoms with Gasteiger partial charge >= 0.3 is 5.97 Å². The summed E-state index contributed by atoms with van der Waals surface area (Å²) in [5.74, 6) is -0.185. The molecule has 2 aliphatic carbocycles. The standard InChI is InChI=1S/C20H30N2O2/c1-19(2)9-4-10-20(13-19)12-17(20)22-16-7-5-14(11-15(16)21)6-8-18(23)24-3/h5,7,11,17,22H,4,6,8-10,12-13,21H2,1-3H3/t17-,20?/m1/s1. The summed E-state index contributed by atoms with van der Waals surface area (Å²) in [6, 6.07) is 6.65. The molecule has 3 N–H and O–H groups in total. The number of hydrogen-bond donors (Lipinski definition) is 2. The summed E-state index contributed by atoms with van der Waals surface area (Å²) < 4.78 is 4.68. The topological polar surface area (TPSA) is 64.3 Å². The van der Waals surface area contributed by atoms with Crippen LogP contribution in [0.25, 0.3) is 0 Å². The molecule has 2 atom stereocenters. The Morgan fingerprint density at radius 2 is 2.17 bits per heavy atom. The first-order valence-corrected chi connectivity index (χ1v) is 9.05. The maximum Gasteiger partial charge on any atom is 0.305 e. The van der Waals surface area contributed by atoms with E-state index in [9.17, 15) is 4.79 Å². The zero-order valence-electron chi connectivity index (χ0n) is 15.2. The zero-order chi connectivity index (χ0) is 17.4. The van der Waals surface area contributed by atoms with Gasteiger partial charge in [-0.3, -0.25) is 4.79 Å². The Hall–Kier alpha value is -1.71. The fraction of sp³-hybridized carbons (Fsp3) is 0.650. The van der Waals surface area contributed by atoms with Gasteiger partial charge in [0.05, 0.1) is 18.5 Å². The van der Waals surface area contributed by atoms with E-state index in [1.165, 1.54) is 39.2 Å². The lowest BCUT2D eigenvalue weighted by atomic mass is 9.70. The molecule has 0 aromatic heterocycles. The Balaban J connectivity index is 1.60. The summed E-state index contributed by atoms with van der Waals surface area (Å²) >= 11 is 0. The minimum Gasteiger partial charge on any atom is -0.469 e. The first kappa shape index (κ1) is 17.1. The first-order chi connectivity index (χ1) is 11.3. The Bertz CT molecular complexity index is 626. The molecule has 2 fully saturated rings. The Labute approximate surface area is 145 Å². The monoisotopic (exact) mass is 330 g/mol. The van der Waals surface area contributed by atoms with Crippen molar-refractivity contribution in [2.24, 2.45) is 10.8 Å². The lowest BCUT2D eigenvalue weighted by molar-refractivity contribution is -0.140. The number of carbonyl (C=O) groups excluding carboxylic acids is 1. The van der Waals surface area contributed by atoms with Gasteiger partial charge in [-0.15, -0.1) is 0 Å². The molecule has 1 unspecified atom stereocenters. The van der Waals surface area contributed by atoms with Gasteiger partial charge in [-0.25, -0.2) is 0 Å². The van der Waals surface area contributed by atoms with Gasteiger partial charge in [-0.2, -0.15) is 0 Å². The molecule has 0 radical (unpaired) electrons. The van der Waals surface area contributed by atoms with E-state index >= 15 is 0 Å². The van der Waals surface area contributed by atoms with Crippen molar-refractivity contribution in [3.05, 3.63) is 23.8 Å². The van der Waals surface area contributed by atoms with Crippen molar-refractivity contribution in [1.82, 2.24) is 0 Å². The highest BCUT2D eigenvalue weighted by molar-refractivity contribution is 5.71. The van der Waals surface area contributed by atoms with Crippen molar-refractivity contribution in [3.8, 4) is 0 Å². The van der Waals surface area contributed by atoms with Crippen LogP contribution >= 0.6 is 0 Å². The second kappa shape index (κ2) is 6.30. The molecule has 0 bridgehead atoms. The number of nitrogens with one attached hydrogen (secondary N) is 1. The van der Waals surface area contributed by atoms with Gasteiger partial charge < -0.3 is 15.8 Å². The number of nitrogen functional groups attached to an aromatic ring is 1. The Kier molecular flexibility index (Phi) is 4.50. The molecule has 4 nitrogen and oxygen atoms in total. The number of esters is 1. The summed E-state index contributed by atoms with van der Waals surface area (Å²) in [7, 11) is 1.42. The molecule has 1 aromatic rings. The first-order valence-electron chi connectivity index (χ1n) is 9.05. The second-order valence-corrected chi connectivity index (χ2v) is 8.46. The maximum absolute atomic E-state index is 11.2. The third kappa shape index (κ3) is 3.68. The van der Waals surface area contributed by atoms with E-state index in [1.807, 2.05) is 6.07 Å². The molecule has 24 heavy (non-hydrogen) atoms. The van der Waals surface area contributed by atoms with Gasteiger partial charge in [0, 0.05) is 12.5 Å². The van der Waals surface area contributed by atoms with E-state index in [1.54, 1.807) is 0 Å². The van der Waals surface area contributed by atoms with Gasteiger partial charge in [0.15, 0.2) is 0 Å². The predicted octanol–water partition coefficient (Wildman–Crippen LogP) is 4.15. The molecule has 0 aliphatic heterocycles. The predicted molar refractivity (Wildman–Crippen MR) is 97.9 cm³/mol. The molecule has 0 amide bonds. The van der Waals surface area contributed by atoms with Crippen LogP contribution in [0.15, 0.2) is 18.2 Å². The van der Waals surface area contributed by atoms with E-state index in [4.69, 9.17) is 5.73 Å². The van der Waals surface area contributed by atoms with Crippen molar-refractivity contribution in [3.63, 3.8) is 0 Å². The van der Waals surface area contributed by atoms with E-state index in [2.05, 4.69) is 36.0 Å². The van der Waals surface area contributed by atoms with Gasteiger partial charge in [0.2, 0.25) is 0 Å². The number of ether oxygens (including phenoxy) is 1. The van der Waals surface area contributed by atoms with Crippen molar-refractivity contribution >= 4 is 17.3 Å². The van der Waals surface area contributed by atoms with Crippen molar-refractivity contribution in [2.45, 2.75) is 64.8 Å². The molecule has 1 aromatic carbocycles. The summed E-state index contributed by atoms with van der Waals surface area (Å²) in [5, 5.41) is 3.67. The average molecular weight is 330 g/mol. The number of methoxy groups -OCH3 is 1. The van der Waals surface area contributed by atoms with Crippen LogP contribution in [0.3, 0.4) is 0 Å². The van der Waals surface area contributed by atoms with Crippen LogP contribution in [0.5, 0.6) is 0 Å². The zero-order valence-corrected chi connectivity index (χ0v) is 15.2. The molecule has 2 aliphatic rings. The van der Waals surface area contributed by atoms with E-state index < -0.39 is 0 Å². The highest BCUT2D eigenvalue weighted by atomic mass is 16.5. The quantitative estimate of drug-likeness (QED) is 0.629. The Morgan fingerprint density at radius 3 is 2.83 bits per heavy atom. The van der Waals surface area contributed by atoms with Crippen molar-refractivity contribution in [2.75, 3.05) is 18.2 Å². The number of nitrogens with two attached hydrogens (primary N) is 1. The number of carbonyl (C=O) groups is 1. The van der Waals surface area contributed by atoms with Crippen LogP contribution in [0.4, 0.5) is 11.4 Å². The Morgan fingerprint density at radius 1 is 1.38 bits per heavy atom. The summed E-state index contributed by atoms with van der Waals surface area (Å²) in [6.07, 6.45) is 7.66. The average Bonchev–Trinajstić information content (AvgIpc) is 3.16. The van der Waals surface area contributed by atoms with Gasteiger partial charge in [0.25, 0.3) is 0 Å². The third-order valence-electron chi connectivity index (χ3n) is 5.84. The van der Waals surface area contributed by atoms with Gasteiger partial charge in [-0.05, 0) is 60.6 Å². The van der Waals surface area contributed by atoms with Crippen LogP contribution in [0, 0.1) is 10.8 Å². The minimum absolute atomic E-state index is 0.185. The summed E-state index contributed by atoms with van der Waals surface area (Å²) in [5.41, 5.74) is 10.1. The molecule has 3 rings (SSSR count). The molecule has 0 saturated heterocycles. The minimum atomic E-state index is -0.185. The van der Waals surface area contributed by atoms with Gasteiger partial charge in [-0.1, -0.05) is 26.3 Å². The van der Waals surface area contributed by atoms with E-state index in [0.717, 1.165) is 16.9 Å². The van der Waals surface area contributed by atoms with Crippen LogP contribution in [0.1, 0.15) is 57.9 Å². The number of hydrogen-bond acceptors (Lipinski definition) is 4. The van der Waals surface area contributed by atoms with E-state index in [0.29, 0.717) is 29.7 Å². The smallest absolute Gasteiger partial charge is 0.305 e. The largest absolute Gasteiger partial charge is 0.469 e. The fourth-order valence-electron chi connectivity index (χ4n) is 4.51. The number of aryl methyl sites for hydroxylation is 1. The van der Waals surface area contributed by atoms with Gasteiger partial charge in [0.1, 0.15) is 0 Å². The van der Waals surface area contributed by atoms with Crippen LogP contribution < -0.4 is 11.1 Å². The fourth-order valence-corrected chi connectivity index (χ4v) is 4.51. The summed E-state index contributed by atoms with van der Waals surface area (Å²) in [4.78, 5) is 11.2. The third-order valence-corrected chi connectivity index (χ3v) is 5.84. The second-order valence-electron chi connectivity index (χ2n) is 8.46. The molecular weight excluding hydrogens is 300 g/mol. The van der Waals surface area contributed by atoms with Crippen molar-refractivity contribution < 1.29 is 9.53 Å². The van der Waals surface area contributed by atoms with Crippen molar-refractivity contribution in [1.29, 1.82) is 0 Å². The molecular formula is C20H30N2O2. The lowest BCUT2D eigenvalue weighted by Crippen LogP contribution is -2.27. The van der Waals surface area contributed by atoms with E-state index in [-0.39, 0.29) is 5.97 Å². The summed E-state index contributed by atoms with van der Waals surface area (Å²) in [6.45, 7) is 4.79. The molecule has 1 spiro atoms. The van der Waals surface area contributed by atoms with Crippen LogP contribution in [-0.2, 0) is 16.0 Å².